The van der Waals surface area contributed by atoms with Gasteiger partial charge in [-0.15, -0.1) is 18.2 Å². The molecule has 0 saturated heterocycles. The number of unbranched alkanes of at least 4 members (excludes halogenated alkanes) is 3. The number of carbonyl (C=O) groups is 1. The summed E-state index contributed by atoms with van der Waals surface area (Å²) in [6.07, 6.45) is 9.50. The Morgan fingerprint density at radius 2 is 1.66 bits per heavy atom. The third-order valence-electron chi connectivity index (χ3n) is 5.84. The summed E-state index contributed by atoms with van der Waals surface area (Å²) in [5.41, 5.74) is 1.40. The highest BCUT2D eigenvalue weighted by Gasteiger charge is 2.26. The van der Waals surface area contributed by atoms with E-state index in [0.29, 0.717) is 32.1 Å². The average molecular weight is 468 g/mol. The van der Waals surface area contributed by atoms with Gasteiger partial charge in [0.05, 0.1) is 19.8 Å². The summed E-state index contributed by atoms with van der Waals surface area (Å²) >= 11 is 5.64. The molecular weight excluding hydrogens is 426 g/mol. The zero-order valence-electron chi connectivity index (χ0n) is 20.0. The highest BCUT2D eigenvalue weighted by atomic mass is 35.5. The maximum absolute atomic E-state index is 12.0. The molecule has 1 aromatic rings. The zero-order valence-corrected chi connectivity index (χ0v) is 20.8. The number of allylic oxidation sites excluding steroid dienone is 1. The first-order chi connectivity index (χ1) is 15.6. The molecule has 0 bridgehead atoms. The molecule has 0 saturated carbocycles. The van der Waals surface area contributed by atoms with Crippen molar-refractivity contribution < 1.29 is 19.0 Å². The van der Waals surface area contributed by atoms with Crippen LogP contribution in [0.3, 0.4) is 0 Å². The minimum absolute atomic E-state index is 0.00840. The summed E-state index contributed by atoms with van der Waals surface area (Å²) in [4.78, 5) is 12.0. The van der Waals surface area contributed by atoms with Crippen molar-refractivity contribution in [1.82, 2.24) is 5.32 Å². The predicted molar refractivity (Wildman–Crippen MR) is 133 cm³/mol. The summed E-state index contributed by atoms with van der Waals surface area (Å²) in [6.45, 7) is 11.1. The number of benzene rings is 1. The maximum Gasteiger partial charge on any atom is 0.258 e. The monoisotopic (exact) mass is 467 g/mol. The second kappa shape index (κ2) is 17.9. The van der Waals surface area contributed by atoms with Crippen LogP contribution in [0.25, 0.3) is 0 Å². The first-order valence-corrected chi connectivity index (χ1v) is 12.5. The third kappa shape index (κ3) is 11.3. The molecule has 6 heteroatoms. The first kappa shape index (κ1) is 28.5. The molecule has 1 rings (SSSR count). The molecule has 1 aromatic carbocycles. The Kier molecular flexibility index (Phi) is 16.0. The number of hydrogen-bond donors (Lipinski definition) is 1. The van der Waals surface area contributed by atoms with E-state index in [1.165, 1.54) is 5.56 Å². The van der Waals surface area contributed by atoms with E-state index in [0.717, 1.165) is 57.4 Å². The molecule has 0 fully saturated rings. The van der Waals surface area contributed by atoms with Gasteiger partial charge >= 0.3 is 0 Å². The van der Waals surface area contributed by atoms with E-state index in [1.807, 2.05) is 18.2 Å². The van der Waals surface area contributed by atoms with Crippen LogP contribution in [0.5, 0.6) is 5.75 Å². The van der Waals surface area contributed by atoms with Crippen LogP contribution in [0.15, 0.2) is 36.9 Å². The van der Waals surface area contributed by atoms with Gasteiger partial charge in [-0.1, -0.05) is 44.9 Å². The van der Waals surface area contributed by atoms with E-state index in [4.69, 9.17) is 25.8 Å². The Hall–Kier alpha value is -1.56. The Bertz CT molecular complexity index is 617. The van der Waals surface area contributed by atoms with Gasteiger partial charge < -0.3 is 19.5 Å². The molecule has 5 nitrogen and oxygen atoms in total. The maximum atomic E-state index is 12.0. The first-order valence-electron chi connectivity index (χ1n) is 11.9. The SMILES string of the molecule is C=CCC(CC)(CC)c1ccc(OCC(=O)NCCOCCOCCCCCCCl)cc1. The summed E-state index contributed by atoms with van der Waals surface area (Å²) in [6, 6.07) is 8.07. The van der Waals surface area contributed by atoms with E-state index in [2.05, 4.69) is 37.9 Å². The van der Waals surface area contributed by atoms with Crippen molar-refractivity contribution in [3.05, 3.63) is 42.5 Å². The summed E-state index contributed by atoms with van der Waals surface area (Å²) in [5, 5.41) is 2.80. The number of nitrogens with one attached hydrogen (secondary N) is 1. The molecule has 32 heavy (non-hydrogen) atoms. The van der Waals surface area contributed by atoms with Crippen molar-refractivity contribution in [3.63, 3.8) is 0 Å². The Morgan fingerprint density at radius 3 is 2.28 bits per heavy atom. The normalized spacial score (nSPS) is 11.3. The number of carbonyl (C=O) groups excluding carboxylic acids is 1. The van der Waals surface area contributed by atoms with Crippen LogP contribution in [-0.4, -0.2) is 51.4 Å². The van der Waals surface area contributed by atoms with Gasteiger partial charge in [0.15, 0.2) is 6.61 Å². The molecule has 0 radical (unpaired) electrons. The lowest BCUT2D eigenvalue weighted by Crippen LogP contribution is -2.32. The van der Waals surface area contributed by atoms with E-state index in [9.17, 15) is 4.79 Å². The van der Waals surface area contributed by atoms with Crippen molar-refractivity contribution >= 4 is 17.5 Å². The molecule has 0 aliphatic carbocycles. The van der Waals surface area contributed by atoms with E-state index in [-0.39, 0.29) is 17.9 Å². The lowest BCUT2D eigenvalue weighted by molar-refractivity contribution is -0.123. The molecule has 0 spiro atoms. The molecule has 0 atom stereocenters. The standard InChI is InChI=1S/C26H42ClNO4/c1-4-15-26(5-2,6-3)23-11-13-24(14-12-23)32-22-25(29)28-17-19-31-21-20-30-18-10-8-7-9-16-27/h4,11-14H,1,5-10,15-22H2,2-3H3,(H,28,29). The number of alkyl halides is 1. The van der Waals surface area contributed by atoms with Crippen LogP contribution in [0.1, 0.15) is 64.4 Å². The Morgan fingerprint density at radius 1 is 1.00 bits per heavy atom. The van der Waals surface area contributed by atoms with Crippen LogP contribution in [0.4, 0.5) is 0 Å². The fourth-order valence-corrected chi connectivity index (χ4v) is 3.87. The van der Waals surface area contributed by atoms with Gasteiger partial charge in [-0.3, -0.25) is 4.79 Å². The van der Waals surface area contributed by atoms with Crippen molar-refractivity contribution in [2.75, 3.05) is 45.5 Å². The van der Waals surface area contributed by atoms with Crippen LogP contribution >= 0.6 is 11.6 Å². The molecule has 1 amide bonds. The third-order valence-corrected chi connectivity index (χ3v) is 6.11. The number of hydrogen-bond acceptors (Lipinski definition) is 4. The fraction of sp³-hybridized carbons (Fsp3) is 0.654. The van der Waals surface area contributed by atoms with Gasteiger partial charge in [-0.2, -0.15) is 0 Å². The minimum atomic E-state index is -0.158. The molecule has 0 aliphatic rings. The number of amides is 1. The van der Waals surface area contributed by atoms with Crippen LogP contribution < -0.4 is 10.1 Å². The highest BCUT2D eigenvalue weighted by Crippen LogP contribution is 2.36. The van der Waals surface area contributed by atoms with Crippen molar-refractivity contribution in [2.24, 2.45) is 0 Å². The van der Waals surface area contributed by atoms with Gasteiger partial charge in [0.25, 0.3) is 5.91 Å². The number of halogens is 1. The summed E-state index contributed by atoms with van der Waals surface area (Å²) < 4.78 is 16.6. The van der Waals surface area contributed by atoms with Gasteiger partial charge in [0, 0.05) is 19.0 Å². The van der Waals surface area contributed by atoms with Gasteiger partial charge in [0.2, 0.25) is 0 Å². The van der Waals surface area contributed by atoms with Crippen LogP contribution in [-0.2, 0) is 19.7 Å². The zero-order chi connectivity index (χ0) is 23.5. The van der Waals surface area contributed by atoms with Crippen molar-refractivity contribution in [2.45, 2.75) is 64.2 Å². The Balaban J connectivity index is 2.14. The molecule has 182 valence electrons. The van der Waals surface area contributed by atoms with Crippen LogP contribution in [0, 0.1) is 0 Å². The van der Waals surface area contributed by atoms with Crippen molar-refractivity contribution in [1.29, 1.82) is 0 Å². The second-order valence-corrected chi connectivity index (χ2v) is 8.35. The largest absolute Gasteiger partial charge is 0.484 e. The lowest BCUT2D eigenvalue weighted by Gasteiger charge is -2.31. The average Bonchev–Trinajstić information content (AvgIpc) is 2.82. The molecule has 0 aromatic heterocycles. The Labute approximate surface area is 199 Å². The molecule has 1 N–H and O–H groups in total. The van der Waals surface area contributed by atoms with Gasteiger partial charge in [-0.05, 0) is 55.2 Å². The van der Waals surface area contributed by atoms with Gasteiger partial charge in [-0.25, -0.2) is 0 Å². The molecule has 0 heterocycles. The second-order valence-electron chi connectivity index (χ2n) is 7.97. The predicted octanol–water partition coefficient (Wildman–Crippen LogP) is 5.65. The number of ether oxygens (including phenoxy) is 3. The molecule has 0 unspecified atom stereocenters. The number of rotatable bonds is 20. The summed E-state index contributed by atoms with van der Waals surface area (Å²) in [5.74, 6) is 1.27. The lowest BCUT2D eigenvalue weighted by atomic mass is 9.73. The van der Waals surface area contributed by atoms with E-state index >= 15 is 0 Å². The smallest absolute Gasteiger partial charge is 0.258 e. The van der Waals surface area contributed by atoms with Gasteiger partial charge in [0.1, 0.15) is 5.75 Å². The summed E-state index contributed by atoms with van der Waals surface area (Å²) in [7, 11) is 0. The highest BCUT2D eigenvalue weighted by molar-refractivity contribution is 6.17. The van der Waals surface area contributed by atoms with E-state index < -0.39 is 0 Å². The quantitative estimate of drug-likeness (QED) is 0.153. The fourth-order valence-electron chi connectivity index (χ4n) is 3.68. The molecular formula is C26H42ClNO4. The molecule has 0 aliphatic heterocycles. The van der Waals surface area contributed by atoms with E-state index in [1.54, 1.807) is 0 Å². The minimum Gasteiger partial charge on any atom is -0.484 e. The van der Waals surface area contributed by atoms with Crippen molar-refractivity contribution in [3.8, 4) is 5.75 Å². The van der Waals surface area contributed by atoms with Crippen LogP contribution in [0.2, 0.25) is 0 Å². The topological polar surface area (TPSA) is 56.8 Å².